The van der Waals surface area contributed by atoms with Crippen molar-refractivity contribution in [1.82, 2.24) is 0 Å². The highest BCUT2D eigenvalue weighted by atomic mass is 16.3. The van der Waals surface area contributed by atoms with Crippen LogP contribution in [0.15, 0.2) is 11.6 Å². The highest BCUT2D eigenvalue weighted by Crippen LogP contribution is 2.67. The molecule has 4 rings (SSSR count). The molecule has 4 aliphatic carbocycles. The second-order valence-electron chi connectivity index (χ2n) is 9.11. The molecule has 0 spiro atoms. The van der Waals surface area contributed by atoms with Crippen molar-refractivity contribution >= 4 is 5.78 Å². The summed E-state index contributed by atoms with van der Waals surface area (Å²) in [6.07, 6.45) is 9.93. The van der Waals surface area contributed by atoms with Gasteiger partial charge >= 0.3 is 0 Å². The molecule has 0 amide bonds. The largest absolute Gasteiger partial charge is 0.393 e. The van der Waals surface area contributed by atoms with Gasteiger partial charge in [-0.3, -0.25) is 4.79 Å². The van der Waals surface area contributed by atoms with Crippen LogP contribution in [0.2, 0.25) is 0 Å². The van der Waals surface area contributed by atoms with Gasteiger partial charge < -0.3 is 5.11 Å². The van der Waals surface area contributed by atoms with Crippen molar-refractivity contribution in [2.45, 2.75) is 71.8 Å². The van der Waals surface area contributed by atoms with Crippen molar-refractivity contribution in [3.63, 3.8) is 0 Å². The zero-order chi connectivity index (χ0) is 15.7. The van der Waals surface area contributed by atoms with E-state index in [4.69, 9.17) is 0 Å². The smallest absolute Gasteiger partial charge is 0.156 e. The fourth-order valence-electron chi connectivity index (χ4n) is 7.25. The first-order valence-electron chi connectivity index (χ1n) is 9.28. The Bertz CT molecular complexity index is 534. The summed E-state index contributed by atoms with van der Waals surface area (Å²) in [7, 11) is 0. The second-order valence-corrected chi connectivity index (χ2v) is 9.11. The Morgan fingerprint density at radius 2 is 1.95 bits per heavy atom. The van der Waals surface area contributed by atoms with Gasteiger partial charge in [-0.25, -0.2) is 0 Å². The number of ketones is 1. The van der Waals surface area contributed by atoms with Gasteiger partial charge in [0.05, 0.1) is 6.10 Å². The van der Waals surface area contributed by atoms with E-state index in [1.807, 2.05) is 13.0 Å². The lowest BCUT2D eigenvalue weighted by molar-refractivity contribution is -0.117. The Morgan fingerprint density at radius 1 is 1.18 bits per heavy atom. The summed E-state index contributed by atoms with van der Waals surface area (Å²) in [5.41, 5.74) is 1.94. The predicted molar refractivity (Wildman–Crippen MR) is 87.3 cm³/mol. The predicted octanol–water partition coefficient (Wildman–Crippen LogP) is 4.13. The number of aliphatic hydroxyl groups excluding tert-OH is 1. The van der Waals surface area contributed by atoms with Crippen molar-refractivity contribution in [1.29, 1.82) is 0 Å². The van der Waals surface area contributed by atoms with Gasteiger partial charge in [0, 0.05) is 6.42 Å². The van der Waals surface area contributed by atoms with Crippen LogP contribution in [0.3, 0.4) is 0 Å². The Balaban J connectivity index is 1.66. The fraction of sp³-hybridized carbons (Fsp3) is 0.850. The molecular formula is C20H30O2. The van der Waals surface area contributed by atoms with E-state index in [0.717, 1.165) is 24.7 Å². The van der Waals surface area contributed by atoms with E-state index in [0.29, 0.717) is 23.0 Å². The summed E-state index contributed by atoms with van der Waals surface area (Å²) in [4.78, 5) is 12.0. The van der Waals surface area contributed by atoms with Crippen LogP contribution in [0.5, 0.6) is 0 Å². The molecule has 7 unspecified atom stereocenters. The molecule has 0 radical (unpaired) electrons. The van der Waals surface area contributed by atoms with Gasteiger partial charge in [0.15, 0.2) is 5.78 Å². The molecule has 2 heteroatoms. The Kier molecular flexibility index (Phi) is 3.18. The molecule has 1 N–H and O–H groups in total. The topological polar surface area (TPSA) is 37.3 Å². The summed E-state index contributed by atoms with van der Waals surface area (Å²) in [5, 5.41) is 10.2. The molecule has 0 aliphatic heterocycles. The van der Waals surface area contributed by atoms with Crippen molar-refractivity contribution < 1.29 is 9.90 Å². The minimum atomic E-state index is -0.172. The molecule has 2 nitrogen and oxygen atoms in total. The SMILES string of the molecule is CC(O)C1CCC2C3CCC4=CC(=O)CC4(C)C3CCC12C. The van der Waals surface area contributed by atoms with Crippen LogP contribution in [-0.4, -0.2) is 17.0 Å². The third-order valence-electron chi connectivity index (χ3n) is 8.27. The molecule has 7 atom stereocenters. The van der Waals surface area contributed by atoms with Crippen LogP contribution in [0.4, 0.5) is 0 Å². The summed E-state index contributed by atoms with van der Waals surface area (Å²) in [6, 6.07) is 0. The summed E-state index contributed by atoms with van der Waals surface area (Å²) < 4.78 is 0. The number of rotatable bonds is 1. The van der Waals surface area contributed by atoms with Crippen molar-refractivity contribution in [3.05, 3.63) is 11.6 Å². The first-order chi connectivity index (χ1) is 10.4. The highest BCUT2D eigenvalue weighted by Gasteiger charge is 2.60. The monoisotopic (exact) mass is 302 g/mol. The van der Waals surface area contributed by atoms with Crippen molar-refractivity contribution in [3.8, 4) is 0 Å². The molecule has 3 saturated carbocycles. The minimum absolute atomic E-state index is 0.157. The maximum absolute atomic E-state index is 12.0. The van der Waals surface area contributed by atoms with Crippen LogP contribution in [0, 0.1) is 34.5 Å². The van der Waals surface area contributed by atoms with Crippen LogP contribution in [-0.2, 0) is 4.79 Å². The lowest BCUT2D eigenvalue weighted by atomic mass is 9.48. The van der Waals surface area contributed by atoms with Gasteiger partial charge in [0.1, 0.15) is 0 Å². The lowest BCUT2D eigenvalue weighted by Crippen LogP contribution is -2.50. The molecule has 0 aromatic rings. The summed E-state index contributed by atoms with van der Waals surface area (Å²) >= 11 is 0. The molecule has 0 aromatic carbocycles. The summed E-state index contributed by atoms with van der Waals surface area (Å²) in [6.45, 7) is 6.80. The fourth-order valence-corrected chi connectivity index (χ4v) is 7.25. The van der Waals surface area contributed by atoms with Crippen molar-refractivity contribution in [2.24, 2.45) is 34.5 Å². The number of aliphatic hydroxyl groups is 1. The third-order valence-corrected chi connectivity index (χ3v) is 8.27. The van der Waals surface area contributed by atoms with Gasteiger partial charge in [-0.2, -0.15) is 0 Å². The first-order valence-corrected chi connectivity index (χ1v) is 9.28. The maximum atomic E-state index is 12.0. The van der Waals surface area contributed by atoms with Crippen LogP contribution < -0.4 is 0 Å². The van der Waals surface area contributed by atoms with Gasteiger partial charge in [-0.05, 0) is 86.0 Å². The van der Waals surface area contributed by atoms with Gasteiger partial charge in [0.25, 0.3) is 0 Å². The van der Waals surface area contributed by atoms with E-state index in [1.54, 1.807) is 0 Å². The molecule has 0 heterocycles. The van der Waals surface area contributed by atoms with Gasteiger partial charge in [-0.15, -0.1) is 0 Å². The molecule has 0 aromatic heterocycles. The van der Waals surface area contributed by atoms with E-state index in [2.05, 4.69) is 13.8 Å². The molecular weight excluding hydrogens is 272 g/mol. The summed E-state index contributed by atoms with van der Waals surface area (Å²) in [5.74, 6) is 3.08. The Labute approximate surface area is 134 Å². The normalized spacial score (nSPS) is 51.8. The Hall–Kier alpha value is -0.630. The third kappa shape index (κ3) is 1.79. The van der Waals surface area contributed by atoms with Crippen LogP contribution in [0.1, 0.15) is 65.7 Å². The van der Waals surface area contributed by atoms with Gasteiger partial charge in [-0.1, -0.05) is 19.4 Å². The Morgan fingerprint density at radius 3 is 2.68 bits per heavy atom. The number of fused-ring (bicyclic) bond motifs is 5. The average Bonchev–Trinajstić information content (AvgIpc) is 2.93. The number of hydrogen-bond acceptors (Lipinski definition) is 2. The highest BCUT2D eigenvalue weighted by molar-refractivity contribution is 5.94. The maximum Gasteiger partial charge on any atom is 0.156 e. The van der Waals surface area contributed by atoms with Crippen molar-refractivity contribution in [2.75, 3.05) is 0 Å². The van der Waals surface area contributed by atoms with E-state index in [-0.39, 0.29) is 11.5 Å². The number of carbonyl (C=O) groups is 1. The number of allylic oxidation sites excluding steroid dienone is 2. The molecule has 122 valence electrons. The quantitative estimate of drug-likeness (QED) is 0.791. The number of hydrogen-bond donors (Lipinski definition) is 1. The molecule has 0 saturated heterocycles. The molecule has 3 fully saturated rings. The van der Waals surface area contributed by atoms with Gasteiger partial charge in [0.2, 0.25) is 0 Å². The molecule has 0 bridgehead atoms. The van der Waals surface area contributed by atoms with E-state index in [9.17, 15) is 9.90 Å². The lowest BCUT2D eigenvalue weighted by Gasteiger charge is -2.56. The first kappa shape index (κ1) is 14.9. The van der Waals surface area contributed by atoms with Crippen LogP contribution in [0.25, 0.3) is 0 Å². The van der Waals surface area contributed by atoms with E-state index >= 15 is 0 Å². The number of carbonyl (C=O) groups excluding carboxylic acids is 1. The van der Waals surface area contributed by atoms with E-state index in [1.165, 1.54) is 37.7 Å². The molecule has 22 heavy (non-hydrogen) atoms. The average molecular weight is 302 g/mol. The standard InChI is InChI=1S/C20H30O2/c1-12(21)16-6-7-17-15-5-4-13-10-14(22)11-20(13,3)18(15)8-9-19(16,17)2/h10,12,15-18,21H,4-9,11H2,1-3H3. The minimum Gasteiger partial charge on any atom is -0.393 e. The second kappa shape index (κ2) is 4.69. The molecule has 4 aliphatic rings. The van der Waals surface area contributed by atoms with E-state index < -0.39 is 0 Å². The van der Waals surface area contributed by atoms with Crippen LogP contribution >= 0.6 is 0 Å². The zero-order valence-electron chi connectivity index (χ0n) is 14.3. The zero-order valence-corrected chi connectivity index (χ0v) is 14.3.